The van der Waals surface area contributed by atoms with E-state index in [0.29, 0.717) is 14.2 Å². The van der Waals surface area contributed by atoms with E-state index in [1.165, 1.54) is 0 Å². The van der Waals surface area contributed by atoms with Crippen LogP contribution < -0.4 is 4.74 Å². The topological polar surface area (TPSA) is 903 Å². The van der Waals surface area contributed by atoms with Gasteiger partial charge >= 0.3 is 93.6 Å². The molecular formula is C45H88O59P12. The van der Waals surface area contributed by atoms with Crippen LogP contribution in [0.25, 0.3) is 0 Å². The van der Waals surface area contributed by atoms with Crippen LogP contribution in [0.3, 0.4) is 0 Å². The molecule has 0 saturated heterocycles. The predicted molar refractivity (Wildman–Crippen MR) is 364 cm³/mol. The van der Waals surface area contributed by atoms with Crippen molar-refractivity contribution in [3.8, 4) is 5.75 Å². The Hall–Kier alpha value is -0.0600. The van der Waals surface area contributed by atoms with Crippen LogP contribution in [0.2, 0.25) is 0 Å². The number of benzene rings is 1. The summed E-state index contributed by atoms with van der Waals surface area (Å²) < 4.78 is 275. The molecule has 0 bridgehead atoms. The maximum Gasteiger partial charge on any atom is 0.470 e. The summed E-state index contributed by atoms with van der Waals surface area (Å²) in [5, 5.41) is 0. The molecule has 4 saturated carbocycles. The van der Waals surface area contributed by atoms with E-state index in [0.717, 1.165) is 54.8 Å². The van der Waals surface area contributed by atoms with Gasteiger partial charge in [0.05, 0.1) is 38.2 Å². The summed E-state index contributed by atoms with van der Waals surface area (Å²) in [6, 6.07) is 1.71. The predicted octanol–water partition coefficient (Wildman–Crippen LogP) is -4.56. The molecule has 71 heteroatoms. The standard InChI is InChI=1S/C45H88O59P12/c1-82-23-21(17-105(46,47)48)24(83-2)35(94-106(49,50)51)42(101-113(70,71)72)31(23)90-14-11-20-15-18(9-12-91-32-36(95-107(52,53)54)25(84-3)27(86-5)38(97-109(58,59)60)43(32)102-114(73,74)75)19(10-13-92-33-37(96-108(55,56)57)26(85-4)28(87-6)39(98-110(61,62)63)44(33)103-115(76,77)78)16-22(20)93-34-29(88-7)40(99-111(64,65)66)45(104-116(79,80)81)41(30(34)89-8)100-112(67,68)69/h15-16,21,23-45H,9-14,17H2,1-8H3,(H2,46,47,48)(H2,49,50,51)(H2,52,53,54)(H2,55,56,57)(H2,58,59,60)(H2,61,62,63)(H2,64,65,66)(H2,67,68,69)(H2,70,71,72)(H2,73,74,75)(H2,76,77,78)(H2,79,80,81)/t21-,23-,24+,25-,26-,27-,28-,29-,30+,31-,32+,33+,34+,35-,36+,37+,38+,39+,40+,41-,42-,43+,44+,45-/m1/s1. The third kappa shape index (κ3) is 33.0. The molecule has 4 aliphatic rings. The molecule has 0 radical (unpaired) electrons. The summed E-state index contributed by atoms with van der Waals surface area (Å²) in [6.07, 6.45) is -61.1. The Labute approximate surface area is 653 Å². The number of ether oxygens (including phenoxy) is 12. The lowest BCUT2D eigenvalue weighted by atomic mass is 9.79. The molecule has 0 heterocycles. The Morgan fingerprint density at radius 3 is 0.621 bits per heavy atom. The van der Waals surface area contributed by atoms with Crippen molar-refractivity contribution in [1.29, 1.82) is 0 Å². The van der Waals surface area contributed by atoms with Crippen molar-refractivity contribution in [3.63, 3.8) is 0 Å². The summed E-state index contributed by atoms with van der Waals surface area (Å²) in [7, 11) is -66.0. The van der Waals surface area contributed by atoms with Gasteiger partial charge in [-0.15, -0.1) is 0 Å². The molecule has 24 atom stereocenters. The van der Waals surface area contributed by atoms with E-state index in [-0.39, 0.29) is 0 Å². The van der Waals surface area contributed by atoms with Crippen LogP contribution in [0.1, 0.15) is 16.7 Å². The Morgan fingerprint density at radius 1 is 0.224 bits per heavy atom. The number of phosphoric acid groups is 11. The molecular weight excluding hydrogens is 1860 g/mol. The summed E-state index contributed by atoms with van der Waals surface area (Å²) in [4.78, 5) is 246. The molecule has 59 nitrogen and oxygen atoms in total. The van der Waals surface area contributed by atoms with Gasteiger partial charge in [-0.25, -0.2) is 50.2 Å². The van der Waals surface area contributed by atoms with Gasteiger partial charge in [0.15, 0.2) is 6.10 Å². The molecule has 0 amide bonds. The zero-order chi connectivity index (χ0) is 88.8. The zero-order valence-electron chi connectivity index (χ0n) is 60.3. The maximum atomic E-state index is 12.9. The minimum atomic E-state index is -6.16. The normalized spacial score (nSPS) is 32.2. The fraction of sp³-hybridized carbons (Fsp3) is 0.867. The third-order valence-corrected chi connectivity index (χ3v) is 23.7. The molecule has 1 aromatic carbocycles. The quantitative estimate of drug-likeness (QED) is 0.0273. The minimum Gasteiger partial charge on any atom is -0.484 e. The molecule has 1 aromatic rings. The van der Waals surface area contributed by atoms with Crippen molar-refractivity contribution in [3.05, 3.63) is 28.8 Å². The summed E-state index contributed by atoms with van der Waals surface area (Å²) in [6.45, 7) is -3.56. The first-order valence-electron chi connectivity index (χ1n) is 31.7. The van der Waals surface area contributed by atoms with Gasteiger partial charge < -0.3 is 174 Å². The molecule has 0 aromatic heterocycles. The van der Waals surface area contributed by atoms with Gasteiger partial charge in [0.1, 0.15) is 128 Å². The van der Waals surface area contributed by atoms with Crippen LogP contribution in [0.5, 0.6) is 5.75 Å². The van der Waals surface area contributed by atoms with E-state index >= 15 is 0 Å². The van der Waals surface area contributed by atoms with Crippen LogP contribution in [0.4, 0.5) is 0 Å². The van der Waals surface area contributed by atoms with Crippen molar-refractivity contribution < 1.29 is 279 Å². The molecule has 4 aliphatic carbocycles. The Bertz CT molecular complexity index is 3930. The molecule has 0 spiro atoms. The highest BCUT2D eigenvalue weighted by Crippen LogP contribution is 2.58. The first-order valence-corrected chi connectivity index (χ1v) is 50.3. The van der Waals surface area contributed by atoms with E-state index in [2.05, 4.69) is 0 Å². The van der Waals surface area contributed by atoms with Crippen molar-refractivity contribution in [1.82, 2.24) is 0 Å². The fourth-order valence-electron chi connectivity index (χ4n) is 13.6. The first kappa shape index (κ1) is 106. The van der Waals surface area contributed by atoms with Crippen molar-refractivity contribution in [2.24, 2.45) is 5.92 Å². The number of methoxy groups -OCH3 is 8. The summed E-state index contributed by atoms with van der Waals surface area (Å²) >= 11 is 0. The first-order chi connectivity index (χ1) is 52.6. The van der Waals surface area contributed by atoms with Crippen molar-refractivity contribution in [2.45, 2.75) is 160 Å². The van der Waals surface area contributed by atoms with Gasteiger partial charge in [-0.1, -0.05) is 6.07 Å². The van der Waals surface area contributed by atoms with Crippen molar-refractivity contribution in [2.75, 3.05) is 82.9 Å². The van der Waals surface area contributed by atoms with Gasteiger partial charge in [0.25, 0.3) is 0 Å². The highest BCUT2D eigenvalue weighted by molar-refractivity contribution is 7.52. The minimum absolute atomic E-state index is 0.412. The van der Waals surface area contributed by atoms with Gasteiger partial charge in [0.2, 0.25) is 0 Å². The number of hydrogen-bond donors (Lipinski definition) is 24. The zero-order valence-corrected chi connectivity index (χ0v) is 71.1. The Morgan fingerprint density at radius 2 is 0.397 bits per heavy atom. The van der Waals surface area contributed by atoms with E-state index in [4.69, 9.17) is 107 Å². The lowest BCUT2D eigenvalue weighted by Gasteiger charge is -2.49. The van der Waals surface area contributed by atoms with Crippen LogP contribution >= 0.6 is 93.6 Å². The van der Waals surface area contributed by atoms with Crippen molar-refractivity contribution >= 4 is 93.6 Å². The second-order valence-corrected chi connectivity index (χ2v) is 39.7. The summed E-state index contributed by atoms with van der Waals surface area (Å²) in [5.74, 6) is -2.80. The maximum absolute atomic E-state index is 12.9. The highest BCUT2D eigenvalue weighted by atomic mass is 31.2. The molecule has 116 heavy (non-hydrogen) atoms. The van der Waals surface area contributed by atoms with Gasteiger partial charge in [0, 0.05) is 62.8 Å². The fourth-order valence-corrected chi connectivity index (χ4v) is 20.7. The Balaban J connectivity index is 1.98. The number of phosphoric ester groups is 11. The van der Waals surface area contributed by atoms with E-state index in [1.54, 1.807) is 0 Å². The van der Waals surface area contributed by atoms with Gasteiger partial charge in [-0.2, -0.15) is 0 Å². The number of hydrogen-bond acceptors (Lipinski definition) is 35. The summed E-state index contributed by atoms with van der Waals surface area (Å²) in [5.41, 5.74) is -1.45. The van der Waals surface area contributed by atoms with E-state index < -0.39 is 308 Å². The van der Waals surface area contributed by atoms with Crippen LogP contribution in [0, 0.1) is 5.92 Å². The highest BCUT2D eigenvalue weighted by Gasteiger charge is 2.64. The third-order valence-electron chi connectivity index (χ3n) is 17.1. The monoisotopic (exact) mass is 1940 g/mol. The van der Waals surface area contributed by atoms with Gasteiger partial charge in [-0.05, 0) is 42.0 Å². The largest absolute Gasteiger partial charge is 0.484 e. The smallest absolute Gasteiger partial charge is 0.470 e. The lowest BCUT2D eigenvalue weighted by Crippen LogP contribution is -2.67. The van der Waals surface area contributed by atoms with Crippen LogP contribution in [-0.2, 0) is 176 Å². The second kappa shape index (κ2) is 42.2. The van der Waals surface area contributed by atoms with Crippen LogP contribution in [-0.4, -0.2) is 341 Å². The SMILES string of the molecule is CO[C@@H]1[C@@H](OC)[C@H](OP(=O)(O)O)[C@@H](OP(=O)(O)O)[C@@H](OCCc2cc(CCO[C@H]3[C@@H](OP(=O)(O)O)[C@H](OP(=O)(O)O)[C@@H](OC)[C@H](CP(=O)(O)O)[C@H]3OC)c(O[C@H]3[C@@H](OC)[C@H](OP(=O)(O)O)[C@@H](OP(=O)(O)O)[C@H](OP(=O)(O)O)[C@H]3OC)cc2CCO[C@H]2[C@@H](OP(=O)(O)O)[C@H](OC)[C@@H](OC)[C@H](OP(=O)(O)O)[C@H]2OP(=O)(O)O)[C@H]1OP(=O)(O)O. The average Bonchev–Trinajstić information content (AvgIpc) is 0.768. The molecule has 682 valence electrons. The molecule has 4 fully saturated rings. The van der Waals surface area contributed by atoms with E-state index in [1.807, 2.05) is 0 Å². The van der Waals surface area contributed by atoms with Crippen LogP contribution in [0.15, 0.2) is 12.1 Å². The molecule has 5 rings (SSSR count). The second-order valence-electron chi connectivity index (χ2n) is 24.8. The molecule has 24 N–H and O–H groups in total. The molecule has 0 unspecified atom stereocenters. The molecule has 0 aliphatic heterocycles. The number of rotatable bonds is 46. The van der Waals surface area contributed by atoms with E-state index in [9.17, 15) is 172 Å². The van der Waals surface area contributed by atoms with Gasteiger partial charge in [-0.3, -0.25) is 54.3 Å². The Kier molecular flexibility index (Phi) is 38.8. The average molecular weight is 1940 g/mol. The lowest BCUT2D eigenvalue weighted by molar-refractivity contribution is -0.236.